The number of rotatable bonds is 3. The summed E-state index contributed by atoms with van der Waals surface area (Å²) in [4.78, 5) is 10.4. The van der Waals surface area contributed by atoms with Crippen LogP contribution in [-0.4, -0.2) is 11.5 Å². The molecular weight excluding hydrogens is 204 g/mol. The third-order valence-corrected chi connectivity index (χ3v) is 3.49. The van der Waals surface area contributed by atoms with E-state index in [9.17, 15) is 10.1 Å². The van der Waals surface area contributed by atoms with Crippen molar-refractivity contribution in [3.05, 3.63) is 33.9 Å². The molecule has 86 valence electrons. The van der Waals surface area contributed by atoms with Crippen LogP contribution in [0.2, 0.25) is 0 Å². The summed E-state index contributed by atoms with van der Waals surface area (Å²) in [7, 11) is 0. The number of anilines is 1. The fourth-order valence-corrected chi connectivity index (χ4v) is 2.25. The minimum atomic E-state index is -0.327. The maximum atomic E-state index is 10.7. The molecule has 4 heteroatoms. The Bertz CT molecular complexity index is 417. The molecule has 0 fully saturated rings. The van der Waals surface area contributed by atoms with Gasteiger partial charge in [-0.3, -0.25) is 10.1 Å². The van der Waals surface area contributed by atoms with Gasteiger partial charge in [-0.05, 0) is 17.5 Å². The lowest BCUT2D eigenvalue weighted by molar-refractivity contribution is -0.384. The number of nitrogens with zero attached hydrogens (tertiary/aromatic N) is 1. The van der Waals surface area contributed by atoms with Gasteiger partial charge < -0.3 is 5.32 Å². The second kappa shape index (κ2) is 4.12. The number of hydrogen-bond acceptors (Lipinski definition) is 3. The van der Waals surface area contributed by atoms with Crippen LogP contribution >= 0.6 is 0 Å². The summed E-state index contributed by atoms with van der Waals surface area (Å²) in [5.74, 6) is 0.954. The first-order chi connectivity index (χ1) is 7.63. The average Bonchev–Trinajstić information content (AvgIpc) is 2.70. The molecular formula is C12H16N2O2. The van der Waals surface area contributed by atoms with Crippen LogP contribution < -0.4 is 5.32 Å². The lowest BCUT2D eigenvalue weighted by Crippen LogP contribution is -2.11. The summed E-state index contributed by atoms with van der Waals surface area (Å²) >= 11 is 0. The highest BCUT2D eigenvalue weighted by atomic mass is 16.6. The molecule has 2 rings (SSSR count). The van der Waals surface area contributed by atoms with E-state index in [0.717, 1.165) is 24.2 Å². The van der Waals surface area contributed by atoms with E-state index in [-0.39, 0.29) is 10.6 Å². The maximum Gasteiger partial charge on any atom is 0.269 e. The Hall–Kier alpha value is -1.58. The molecule has 1 aromatic carbocycles. The number of fused-ring (bicyclic) bond motifs is 1. The molecule has 1 heterocycles. The number of nitrogens with one attached hydrogen (secondary N) is 1. The summed E-state index contributed by atoms with van der Waals surface area (Å²) in [5, 5.41) is 14.0. The normalized spacial score (nSPS) is 20.0. The van der Waals surface area contributed by atoms with E-state index >= 15 is 0 Å². The fourth-order valence-electron chi connectivity index (χ4n) is 2.25. The molecule has 0 aromatic heterocycles. The first kappa shape index (κ1) is 10.9. The monoisotopic (exact) mass is 220 g/mol. The summed E-state index contributed by atoms with van der Waals surface area (Å²) in [5.41, 5.74) is 2.34. The van der Waals surface area contributed by atoms with Crippen LogP contribution in [0.5, 0.6) is 0 Å². The zero-order chi connectivity index (χ0) is 11.7. The second-order valence-corrected chi connectivity index (χ2v) is 4.40. The Morgan fingerprint density at radius 3 is 3.00 bits per heavy atom. The van der Waals surface area contributed by atoms with Crippen molar-refractivity contribution < 1.29 is 4.92 Å². The Kier molecular flexibility index (Phi) is 2.81. The second-order valence-electron chi connectivity index (χ2n) is 4.40. The third kappa shape index (κ3) is 1.75. The highest BCUT2D eigenvalue weighted by Gasteiger charge is 2.27. The van der Waals surface area contributed by atoms with E-state index in [4.69, 9.17) is 0 Å². The minimum absolute atomic E-state index is 0.191. The number of non-ortho nitro benzene ring substituents is 1. The van der Waals surface area contributed by atoms with Gasteiger partial charge in [-0.1, -0.05) is 20.3 Å². The predicted octanol–water partition coefficient (Wildman–Crippen LogP) is 3.15. The number of hydrogen-bond donors (Lipinski definition) is 1. The lowest BCUT2D eigenvalue weighted by atomic mass is 9.87. The van der Waals surface area contributed by atoms with Gasteiger partial charge in [-0.2, -0.15) is 0 Å². The van der Waals surface area contributed by atoms with Crippen molar-refractivity contribution in [2.24, 2.45) is 5.92 Å². The van der Waals surface area contributed by atoms with Crippen molar-refractivity contribution >= 4 is 11.4 Å². The first-order valence-corrected chi connectivity index (χ1v) is 5.65. The van der Waals surface area contributed by atoms with Crippen LogP contribution in [0.3, 0.4) is 0 Å². The van der Waals surface area contributed by atoms with Gasteiger partial charge in [0.2, 0.25) is 0 Å². The van der Waals surface area contributed by atoms with Gasteiger partial charge in [-0.15, -0.1) is 0 Å². The molecule has 2 unspecified atom stereocenters. The highest BCUT2D eigenvalue weighted by molar-refractivity contribution is 5.61. The van der Waals surface area contributed by atoms with E-state index in [1.807, 2.05) is 6.07 Å². The summed E-state index contributed by atoms with van der Waals surface area (Å²) in [6, 6.07) is 5.09. The molecule has 0 amide bonds. The molecule has 1 aliphatic rings. The summed E-state index contributed by atoms with van der Waals surface area (Å²) in [6.07, 6.45) is 1.09. The van der Waals surface area contributed by atoms with Gasteiger partial charge in [-0.25, -0.2) is 0 Å². The van der Waals surface area contributed by atoms with Crippen molar-refractivity contribution in [2.45, 2.75) is 26.2 Å². The van der Waals surface area contributed by atoms with Crippen LogP contribution in [0.25, 0.3) is 0 Å². The largest absolute Gasteiger partial charge is 0.384 e. The number of nitro groups is 1. The van der Waals surface area contributed by atoms with Crippen molar-refractivity contribution in [3.8, 4) is 0 Å². The predicted molar refractivity (Wildman–Crippen MR) is 63.8 cm³/mol. The third-order valence-electron chi connectivity index (χ3n) is 3.49. The minimum Gasteiger partial charge on any atom is -0.384 e. The molecule has 0 saturated heterocycles. The molecule has 16 heavy (non-hydrogen) atoms. The van der Waals surface area contributed by atoms with Crippen LogP contribution in [0.1, 0.15) is 31.7 Å². The van der Waals surface area contributed by atoms with E-state index in [0.29, 0.717) is 11.8 Å². The quantitative estimate of drug-likeness (QED) is 0.628. The number of benzene rings is 1. The number of nitro benzene ring substituents is 1. The molecule has 4 nitrogen and oxygen atoms in total. The van der Waals surface area contributed by atoms with Gasteiger partial charge in [0.15, 0.2) is 0 Å². The first-order valence-electron chi connectivity index (χ1n) is 5.65. The van der Waals surface area contributed by atoms with Gasteiger partial charge >= 0.3 is 0 Å². The van der Waals surface area contributed by atoms with Crippen molar-refractivity contribution in [1.82, 2.24) is 0 Å². The smallest absolute Gasteiger partial charge is 0.269 e. The fraction of sp³-hybridized carbons (Fsp3) is 0.500. The molecule has 0 saturated carbocycles. The Balaban J connectivity index is 2.37. The van der Waals surface area contributed by atoms with Gasteiger partial charge in [0, 0.05) is 30.3 Å². The molecule has 2 atom stereocenters. The zero-order valence-corrected chi connectivity index (χ0v) is 9.56. The molecule has 0 aliphatic carbocycles. The van der Waals surface area contributed by atoms with Crippen LogP contribution in [0, 0.1) is 16.0 Å². The molecule has 1 N–H and O–H groups in total. The summed E-state index contributed by atoms with van der Waals surface area (Å²) < 4.78 is 0. The van der Waals surface area contributed by atoms with Crippen molar-refractivity contribution in [1.29, 1.82) is 0 Å². The maximum absolute atomic E-state index is 10.7. The Morgan fingerprint density at radius 2 is 2.38 bits per heavy atom. The van der Waals surface area contributed by atoms with E-state index in [1.54, 1.807) is 12.1 Å². The van der Waals surface area contributed by atoms with Crippen LogP contribution in [0.4, 0.5) is 11.4 Å². The standard InChI is InChI=1S/C12H16N2O2/c1-3-8(2)11-7-13-12-5-4-9(14(15)16)6-10(11)12/h4-6,8,11,13H,3,7H2,1-2H3. The zero-order valence-electron chi connectivity index (χ0n) is 9.56. The van der Waals surface area contributed by atoms with Gasteiger partial charge in [0.05, 0.1) is 4.92 Å². The molecule has 0 bridgehead atoms. The average molecular weight is 220 g/mol. The SMILES string of the molecule is CCC(C)C1CNc2ccc([N+](=O)[O-])cc21. The molecule has 1 aromatic rings. The van der Waals surface area contributed by atoms with E-state index in [2.05, 4.69) is 19.2 Å². The van der Waals surface area contributed by atoms with Crippen LogP contribution in [-0.2, 0) is 0 Å². The molecule has 0 radical (unpaired) electrons. The van der Waals surface area contributed by atoms with E-state index < -0.39 is 0 Å². The Labute approximate surface area is 94.8 Å². The Morgan fingerprint density at radius 1 is 1.62 bits per heavy atom. The highest BCUT2D eigenvalue weighted by Crippen LogP contribution is 2.39. The summed E-state index contributed by atoms with van der Waals surface area (Å²) in [6.45, 7) is 5.24. The van der Waals surface area contributed by atoms with Gasteiger partial charge in [0.1, 0.15) is 0 Å². The molecule has 0 spiro atoms. The van der Waals surface area contributed by atoms with Crippen molar-refractivity contribution in [3.63, 3.8) is 0 Å². The lowest BCUT2D eigenvalue weighted by Gasteiger charge is -2.16. The topological polar surface area (TPSA) is 55.2 Å². The van der Waals surface area contributed by atoms with Gasteiger partial charge in [0.25, 0.3) is 5.69 Å². The van der Waals surface area contributed by atoms with Crippen LogP contribution in [0.15, 0.2) is 18.2 Å². The molecule has 1 aliphatic heterocycles. The van der Waals surface area contributed by atoms with E-state index in [1.165, 1.54) is 0 Å². The van der Waals surface area contributed by atoms with Crippen molar-refractivity contribution in [2.75, 3.05) is 11.9 Å².